The number of hydrogen-bond donors (Lipinski definition) is 3. The summed E-state index contributed by atoms with van der Waals surface area (Å²) in [7, 11) is 0. The molecule has 1 amide bonds. The minimum Gasteiger partial charge on any atom is -0.409 e. The Labute approximate surface area is 114 Å². The van der Waals surface area contributed by atoms with Gasteiger partial charge in [-0.3, -0.25) is 4.79 Å². The molecular weight excluding hydrogens is 246 g/mol. The summed E-state index contributed by atoms with van der Waals surface area (Å²) in [6.07, 6.45) is 3.99. The number of carbonyl (C=O) groups excluding carboxylic acids is 1. The molecule has 0 aliphatic heterocycles. The lowest BCUT2D eigenvalue weighted by molar-refractivity contribution is -0.143. The number of amides is 1. The van der Waals surface area contributed by atoms with Crippen LogP contribution >= 0.6 is 0 Å². The third-order valence-corrected chi connectivity index (χ3v) is 4.33. The minimum atomic E-state index is -0.959. The van der Waals surface area contributed by atoms with Crippen LogP contribution in [0.15, 0.2) is 5.16 Å². The smallest absolute Gasteiger partial charge is 0.236 e. The Bertz CT molecular complexity index is 336. The molecule has 0 aromatic heterocycles. The molecular formula is C13H25N3O3. The van der Waals surface area contributed by atoms with Gasteiger partial charge in [0, 0.05) is 12.6 Å². The maximum atomic E-state index is 12.8. The lowest BCUT2D eigenvalue weighted by Crippen LogP contribution is -2.56. The van der Waals surface area contributed by atoms with E-state index in [-0.39, 0.29) is 24.4 Å². The molecule has 0 spiro atoms. The second kappa shape index (κ2) is 6.75. The second-order valence-corrected chi connectivity index (χ2v) is 5.08. The Hall–Kier alpha value is -1.30. The number of nitrogens with zero attached hydrogens (tertiary/aromatic N) is 2. The fourth-order valence-electron chi connectivity index (χ4n) is 2.65. The van der Waals surface area contributed by atoms with E-state index in [4.69, 9.17) is 16.0 Å². The molecule has 4 N–H and O–H groups in total. The molecule has 1 aliphatic carbocycles. The predicted molar refractivity (Wildman–Crippen MR) is 72.9 cm³/mol. The first-order valence-corrected chi connectivity index (χ1v) is 6.97. The highest BCUT2D eigenvalue weighted by Gasteiger charge is 2.44. The fraction of sp³-hybridized carbons (Fsp3) is 0.846. The summed E-state index contributed by atoms with van der Waals surface area (Å²) < 4.78 is 0. The van der Waals surface area contributed by atoms with Crippen LogP contribution in [0.4, 0.5) is 0 Å². The summed E-state index contributed by atoms with van der Waals surface area (Å²) in [5.74, 6) is -0.170. The van der Waals surface area contributed by atoms with Crippen molar-refractivity contribution in [2.24, 2.45) is 16.3 Å². The Morgan fingerprint density at radius 1 is 1.42 bits per heavy atom. The molecule has 110 valence electrons. The molecule has 1 fully saturated rings. The lowest BCUT2D eigenvalue weighted by Gasteiger charge is -2.42. The summed E-state index contributed by atoms with van der Waals surface area (Å²) >= 11 is 0. The number of carbonyl (C=O) groups is 1. The zero-order chi connectivity index (χ0) is 14.5. The zero-order valence-electron chi connectivity index (χ0n) is 11.8. The predicted octanol–water partition coefficient (Wildman–Crippen LogP) is 0.913. The van der Waals surface area contributed by atoms with Crippen LogP contribution in [0.25, 0.3) is 0 Å². The number of hydrogen-bond acceptors (Lipinski definition) is 4. The summed E-state index contributed by atoms with van der Waals surface area (Å²) in [5, 5.41) is 21.2. The number of oxime groups is 1. The largest absolute Gasteiger partial charge is 0.409 e. The number of rotatable bonds is 7. The van der Waals surface area contributed by atoms with Gasteiger partial charge in [0.1, 0.15) is 5.41 Å². The normalized spacial score (nSPS) is 17.1. The maximum Gasteiger partial charge on any atom is 0.236 e. The van der Waals surface area contributed by atoms with E-state index in [1.165, 1.54) is 0 Å². The first-order chi connectivity index (χ1) is 9.07. The molecule has 1 saturated carbocycles. The van der Waals surface area contributed by atoms with E-state index in [9.17, 15) is 4.79 Å². The first kappa shape index (κ1) is 15.8. The van der Waals surface area contributed by atoms with Crippen molar-refractivity contribution >= 4 is 11.7 Å². The van der Waals surface area contributed by atoms with Gasteiger partial charge in [-0.1, -0.05) is 19.0 Å². The van der Waals surface area contributed by atoms with Gasteiger partial charge in [0.2, 0.25) is 5.91 Å². The van der Waals surface area contributed by atoms with Crippen molar-refractivity contribution in [2.75, 3.05) is 13.2 Å². The fourth-order valence-corrected chi connectivity index (χ4v) is 2.65. The van der Waals surface area contributed by atoms with E-state index in [0.29, 0.717) is 19.4 Å². The van der Waals surface area contributed by atoms with Gasteiger partial charge in [-0.05, 0) is 32.1 Å². The zero-order valence-corrected chi connectivity index (χ0v) is 11.8. The molecule has 0 atom stereocenters. The van der Waals surface area contributed by atoms with Crippen molar-refractivity contribution in [3.63, 3.8) is 0 Å². The van der Waals surface area contributed by atoms with E-state index >= 15 is 0 Å². The van der Waals surface area contributed by atoms with Crippen LogP contribution in [0, 0.1) is 5.41 Å². The van der Waals surface area contributed by atoms with E-state index in [1.807, 2.05) is 13.8 Å². The SMILES string of the molecule is CCC(CC)(C(=O)N(CCO)C1CCC1)C(N)=NO. The van der Waals surface area contributed by atoms with E-state index in [0.717, 1.165) is 19.3 Å². The van der Waals surface area contributed by atoms with Crippen molar-refractivity contribution in [3.05, 3.63) is 0 Å². The van der Waals surface area contributed by atoms with Gasteiger partial charge in [0.25, 0.3) is 0 Å². The van der Waals surface area contributed by atoms with Crippen LogP contribution in [0.1, 0.15) is 46.0 Å². The van der Waals surface area contributed by atoms with Gasteiger partial charge in [0.15, 0.2) is 5.84 Å². The average Bonchev–Trinajstić information content (AvgIpc) is 2.37. The van der Waals surface area contributed by atoms with Crippen LogP contribution < -0.4 is 5.73 Å². The van der Waals surface area contributed by atoms with Crippen LogP contribution in [0.3, 0.4) is 0 Å². The second-order valence-electron chi connectivity index (χ2n) is 5.08. The van der Waals surface area contributed by atoms with Crippen molar-refractivity contribution < 1.29 is 15.1 Å². The van der Waals surface area contributed by atoms with Crippen molar-refractivity contribution in [1.29, 1.82) is 0 Å². The summed E-state index contributed by atoms with van der Waals surface area (Å²) in [6, 6.07) is 0.184. The van der Waals surface area contributed by atoms with Crippen molar-refractivity contribution in [1.82, 2.24) is 4.90 Å². The quantitative estimate of drug-likeness (QED) is 0.277. The average molecular weight is 271 g/mol. The highest BCUT2D eigenvalue weighted by atomic mass is 16.4. The monoisotopic (exact) mass is 271 g/mol. The molecule has 0 saturated heterocycles. The Balaban J connectivity index is 3.01. The Morgan fingerprint density at radius 2 is 2.00 bits per heavy atom. The molecule has 19 heavy (non-hydrogen) atoms. The lowest BCUT2D eigenvalue weighted by atomic mass is 9.78. The third kappa shape index (κ3) is 2.83. The van der Waals surface area contributed by atoms with Gasteiger partial charge < -0.3 is 20.9 Å². The van der Waals surface area contributed by atoms with Gasteiger partial charge in [-0.25, -0.2) is 0 Å². The highest BCUT2D eigenvalue weighted by molar-refractivity contribution is 6.06. The first-order valence-electron chi connectivity index (χ1n) is 6.97. The molecule has 0 aromatic rings. The van der Waals surface area contributed by atoms with Gasteiger partial charge in [-0.2, -0.15) is 0 Å². The van der Waals surface area contributed by atoms with Crippen LogP contribution in [-0.4, -0.2) is 46.1 Å². The number of aliphatic hydroxyl groups excluding tert-OH is 1. The van der Waals surface area contributed by atoms with E-state index in [1.54, 1.807) is 4.90 Å². The number of aliphatic hydroxyl groups is 1. The van der Waals surface area contributed by atoms with E-state index < -0.39 is 5.41 Å². The van der Waals surface area contributed by atoms with Gasteiger partial charge in [0.05, 0.1) is 6.61 Å². The summed E-state index contributed by atoms with van der Waals surface area (Å²) in [5.41, 5.74) is 4.80. The highest BCUT2D eigenvalue weighted by Crippen LogP contribution is 2.34. The number of amidine groups is 1. The Morgan fingerprint density at radius 3 is 2.32 bits per heavy atom. The molecule has 0 heterocycles. The molecule has 0 radical (unpaired) electrons. The molecule has 6 nitrogen and oxygen atoms in total. The van der Waals surface area contributed by atoms with Gasteiger partial charge >= 0.3 is 0 Å². The topological polar surface area (TPSA) is 99.2 Å². The molecule has 0 unspecified atom stereocenters. The van der Waals surface area contributed by atoms with Crippen LogP contribution in [0.2, 0.25) is 0 Å². The molecule has 1 rings (SSSR count). The standard InChI is InChI=1S/C13H25N3O3/c1-3-13(4-2,11(14)15-19)12(18)16(8-9-17)10-6-5-7-10/h10,17,19H,3-9H2,1-2H3,(H2,14,15). The van der Waals surface area contributed by atoms with Crippen molar-refractivity contribution in [3.8, 4) is 0 Å². The minimum absolute atomic E-state index is 0.0373. The molecule has 0 aromatic carbocycles. The van der Waals surface area contributed by atoms with Gasteiger partial charge in [-0.15, -0.1) is 0 Å². The molecule has 1 aliphatic rings. The van der Waals surface area contributed by atoms with E-state index in [2.05, 4.69) is 5.16 Å². The Kier molecular flexibility index (Phi) is 5.60. The maximum absolute atomic E-state index is 12.8. The third-order valence-electron chi connectivity index (χ3n) is 4.33. The number of nitrogens with two attached hydrogens (primary N) is 1. The summed E-state index contributed by atoms with van der Waals surface area (Å²) in [4.78, 5) is 14.5. The van der Waals surface area contributed by atoms with Crippen LogP contribution in [-0.2, 0) is 4.79 Å². The van der Waals surface area contributed by atoms with Crippen LogP contribution in [0.5, 0.6) is 0 Å². The van der Waals surface area contributed by atoms with Crippen molar-refractivity contribution in [2.45, 2.75) is 52.0 Å². The molecule has 6 heteroatoms. The molecule has 0 bridgehead atoms. The summed E-state index contributed by atoms with van der Waals surface area (Å²) in [6.45, 7) is 3.96.